The van der Waals surface area contributed by atoms with Gasteiger partial charge in [-0.25, -0.2) is 0 Å². The molecule has 0 aliphatic heterocycles. The minimum absolute atomic E-state index is 0.336. The van der Waals surface area contributed by atoms with E-state index in [9.17, 15) is 18.1 Å². The summed E-state index contributed by atoms with van der Waals surface area (Å²) in [5.74, 6) is 0. The minimum Gasteiger partial charge on any atom is -0.393 e. The van der Waals surface area contributed by atoms with Crippen LogP contribution in [0.2, 0.25) is 0 Å². The van der Waals surface area contributed by atoms with Crippen LogP contribution in [0.25, 0.3) is 0 Å². The monoisotopic (exact) mass is 392 g/mol. The maximum Gasteiger partial charge on any atom is 0.267 e. The van der Waals surface area contributed by atoms with E-state index >= 15 is 0 Å². The third kappa shape index (κ3) is 16.1. The molecule has 0 saturated carbocycles. The summed E-state index contributed by atoms with van der Waals surface area (Å²) < 4.78 is 32.2. The average Bonchev–Trinajstić information content (AvgIpc) is 2.58. The molecule has 0 aromatic rings. The summed E-state index contributed by atoms with van der Waals surface area (Å²) in [4.78, 5) is 0. The minimum atomic E-state index is -3.96. The van der Waals surface area contributed by atoms with E-state index in [1.807, 2.05) is 0 Å². The summed E-state index contributed by atoms with van der Waals surface area (Å²) in [7, 11) is -3.96. The Morgan fingerprint density at radius 3 is 1.54 bits per heavy atom. The van der Waals surface area contributed by atoms with Crippen LogP contribution in [0.15, 0.2) is 0 Å². The molecular weight excluding hydrogens is 348 g/mol. The molecule has 26 heavy (non-hydrogen) atoms. The SMILES string of the molecule is CCCCCCCCCCCC(O)CCCC(CCCCC)S(=O)(=O)O. The van der Waals surface area contributed by atoms with Gasteiger partial charge in [-0.2, -0.15) is 8.42 Å². The van der Waals surface area contributed by atoms with Crippen LogP contribution in [0.5, 0.6) is 0 Å². The van der Waals surface area contributed by atoms with Gasteiger partial charge in [-0.3, -0.25) is 4.55 Å². The summed E-state index contributed by atoms with van der Waals surface area (Å²) in [6.45, 7) is 4.31. The normalized spacial score (nSPS) is 14.5. The van der Waals surface area contributed by atoms with Crippen LogP contribution < -0.4 is 0 Å². The maximum absolute atomic E-state index is 11.4. The molecule has 0 amide bonds. The quantitative estimate of drug-likeness (QED) is 0.200. The molecule has 0 radical (unpaired) electrons. The van der Waals surface area contributed by atoms with Crippen LogP contribution >= 0.6 is 0 Å². The van der Waals surface area contributed by atoms with Gasteiger partial charge in [0.05, 0.1) is 11.4 Å². The summed E-state index contributed by atoms with van der Waals surface area (Å²) in [6, 6.07) is 0. The number of hydrogen-bond donors (Lipinski definition) is 2. The Bertz CT molecular complexity index is 395. The van der Waals surface area contributed by atoms with Gasteiger partial charge in [0.15, 0.2) is 0 Å². The van der Waals surface area contributed by atoms with Crippen LogP contribution in [-0.2, 0) is 10.1 Å². The second kappa shape index (κ2) is 17.0. The summed E-state index contributed by atoms with van der Waals surface area (Å²) in [5.41, 5.74) is 0. The van der Waals surface area contributed by atoms with Gasteiger partial charge in [0.1, 0.15) is 0 Å². The zero-order valence-corrected chi connectivity index (χ0v) is 18.1. The van der Waals surface area contributed by atoms with Crippen molar-refractivity contribution in [2.45, 2.75) is 134 Å². The number of aliphatic hydroxyl groups excluding tert-OH is 1. The molecule has 0 fully saturated rings. The molecule has 0 heterocycles. The Hall–Kier alpha value is -0.130. The average molecular weight is 393 g/mol. The van der Waals surface area contributed by atoms with Crippen molar-refractivity contribution in [3.8, 4) is 0 Å². The van der Waals surface area contributed by atoms with Crippen molar-refractivity contribution in [1.82, 2.24) is 0 Å². The molecule has 4 nitrogen and oxygen atoms in total. The van der Waals surface area contributed by atoms with E-state index in [4.69, 9.17) is 0 Å². The molecule has 0 aliphatic carbocycles. The first-order valence-corrected chi connectivity index (χ1v) is 12.6. The molecule has 2 N–H and O–H groups in total. The first kappa shape index (κ1) is 25.9. The van der Waals surface area contributed by atoms with Crippen molar-refractivity contribution in [3.63, 3.8) is 0 Å². The van der Waals surface area contributed by atoms with E-state index in [0.29, 0.717) is 25.7 Å². The summed E-state index contributed by atoms with van der Waals surface area (Å²) in [6.07, 6.45) is 17.1. The topological polar surface area (TPSA) is 74.6 Å². The summed E-state index contributed by atoms with van der Waals surface area (Å²) >= 11 is 0. The number of aliphatic hydroxyl groups is 1. The van der Waals surface area contributed by atoms with E-state index in [0.717, 1.165) is 32.1 Å². The predicted octanol–water partition coefficient (Wildman–Crippen LogP) is 6.28. The van der Waals surface area contributed by atoms with Gasteiger partial charge in [-0.1, -0.05) is 90.9 Å². The van der Waals surface area contributed by atoms with Crippen molar-refractivity contribution in [3.05, 3.63) is 0 Å². The molecule has 2 atom stereocenters. The molecule has 2 unspecified atom stereocenters. The van der Waals surface area contributed by atoms with E-state index in [-0.39, 0.29) is 6.10 Å². The standard InChI is InChI=1S/C21H44O4S/c1-3-5-7-8-9-10-11-12-14-16-20(22)17-15-19-21(26(23,24)25)18-13-6-4-2/h20-22H,3-19H2,1-2H3,(H,23,24,25). The van der Waals surface area contributed by atoms with Gasteiger partial charge in [0.25, 0.3) is 10.1 Å². The highest BCUT2D eigenvalue weighted by atomic mass is 32.2. The van der Waals surface area contributed by atoms with E-state index < -0.39 is 15.4 Å². The largest absolute Gasteiger partial charge is 0.393 e. The smallest absolute Gasteiger partial charge is 0.267 e. The van der Waals surface area contributed by atoms with E-state index in [1.54, 1.807) is 0 Å². The lowest BCUT2D eigenvalue weighted by atomic mass is 10.0. The molecule has 0 saturated heterocycles. The lowest BCUT2D eigenvalue weighted by Gasteiger charge is -2.15. The molecule has 0 aromatic heterocycles. The molecule has 158 valence electrons. The molecule has 0 rings (SSSR count). The third-order valence-corrected chi connectivity index (χ3v) is 6.57. The van der Waals surface area contributed by atoms with Crippen molar-refractivity contribution < 1.29 is 18.1 Å². The Morgan fingerprint density at radius 1 is 0.615 bits per heavy atom. The van der Waals surface area contributed by atoms with E-state index in [1.165, 1.54) is 51.4 Å². The Morgan fingerprint density at radius 2 is 1.00 bits per heavy atom. The Balaban J connectivity index is 3.68. The van der Waals surface area contributed by atoms with Gasteiger partial charge >= 0.3 is 0 Å². The van der Waals surface area contributed by atoms with Crippen LogP contribution in [0, 0.1) is 0 Å². The predicted molar refractivity (Wildman–Crippen MR) is 111 cm³/mol. The van der Waals surface area contributed by atoms with Gasteiger partial charge in [0, 0.05) is 0 Å². The highest BCUT2D eigenvalue weighted by Gasteiger charge is 2.22. The number of rotatable bonds is 19. The van der Waals surface area contributed by atoms with Gasteiger partial charge in [-0.05, 0) is 32.1 Å². The second-order valence-electron chi connectivity index (χ2n) is 7.83. The molecular formula is C21H44O4S. The highest BCUT2D eigenvalue weighted by Crippen LogP contribution is 2.19. The number of hydrogen-bond acceptors (Lipinski definition) is 3. The van der Waals surface area contributed by atoms with Crippen molar-refractivity contribution >= 4 is 10.1 Å². The van der Waals surface area contributed by atoms with Gasteiger partial charge in [-0.15, -0.1) is 0 Å². The fourth-order valence-electron chi connectivity index (χ4n) is 3.48. The molecule has 0 bridgehead atoms. The van der Waals surface area contributed by atoms with Crippen molar-refractivity contribution in [2.75, 3.05) is 0 Å². The zero-order chi connectivity index (χ0) is 19.7. The summed E-state index contributed by atoms with van der Waals surface area (Å²) in [5, 5.41) is 9.41. The fraction of sp³-hybridized carbons (Fsp3) is 1.00. The molecule has 0 spiro atoms. The van der Waals surface area contributed by atoms with Gasteiger partial charge in [0.2, 0.25) is 0 Å². The lowest BCUT2D eigenvalue weighted by Crippen LogP contribution is -2.21. The van der Waals surface area contributed by atoms with Crippen molar-refractivity contribution in [2.24, 2.45) is 0 Å². The van der Waals surface area contributed by atoms with Gasteiger partial charge < -0.3 is 5.11 Å². The highest BCUT2D eigenvalue weighted by molar-refractivity contribution is 7.86. The molecule has 0 aliphatic rings. The number of unbranched alkanes of at least 4 members (excludes halogenated alkanes) is 10. The van der Waals surface area contributed by atoms with Crippen LogP contribution in [0.4, 0.5) is 0 Å². The second-order valence-corrected chi connectivity index (χ2v) is 9.53. The zero-order valence-electron chi connectivity index (χ0n) is 17.3. The van der Waals surface area contributed by atoms with Crippen LogP contribution in [0.3, 0.4) is 0 Å². The van der Waals surface area contributed by atoms with E-state index in [2.05, 4.69) is 13.8 Å². The third-order valence-electron chi connectivity index (χ3n) is 5.26. The Kier molecular flexibility index (Phi) is 16.9. The Labute approximate surface area is 162 Å². The molecule has 0 aromatic carbocycles. The fourth-order valence-corrected chi connectivity index (χ4v) is 4.41. The first-order chi connectivity index (χ1) is 12.4. The van der Waals surface area contributed by atoms with Crippen molar-refractivity contribution in [1.29, 1.82) is 0 Å². The first-order valence-electron chi connectivity index (χ1n) is 11.1. The van der Waals surface area contributed by atoms with Crippen LogP contribution in [-0.4, -0.2) is 29.4 Å². The van der Waals surface area contributed by atoms with Crippen LogP contribution in [0.1, 0.15) is 123 Å². The lowest BCUT2D eigenvalue weighted by molar-refractivity contribution is 0.147. The maximum atomic E-state index is 11.4. The molecule has 5 heteroatoms.